The van der Waals surface area contributed by atoms with Gasteiger partial charge in [0.2, 0.25) is 0 Å². The normalized spacial score (nSPS) is 12.4. The number of benzene rings is 2. The molecule has 0 bridgehead atoms. The fourth-order valence-electron chi connectivity index (χ4n) is 2.61. The molecule has 1 unspecified atom stereocenters. The average molecular weight is 303 g/mol. The fraction of sp³-hybridized carbons (Fsp3) is 0.333. The van der Waals surface area contributed by atoms with Crippen LogP contribution in [0.1, 0.15) is 22.3 Å². The lowest BCUT2D eigenvalue weighted by Crippen LogP contribution is -2.26. The zero-order chi connectivity index (χ0) is 15.4. The van der Waals surface area contributed by atoms with Crippen molar-refractivity contribution in [2.45, 2.75) is 38.1 Å². The van der Waals surface area contributed by atoms with Crippen LogP contribution in [-0.2, 0) is 6.42 Å². The average Bonchev–Trinajstić information content (AvgIpc) is 2.40. The van der Waals surface area contributed by atoms with Crippen molar-refractivity contribution >= 4 is 11.8 Å². The van der Waals surface area contributed by atoms with Crippen molar-refractivity contribution in [2.75, 3.05) is 5.75 Å². The van der Waals surface area contributed by atoms with E-state index < -0.39 is 0 Å². The van der Waals surface area contributed by atoms with Gasteiger partial charge in [-0.15, -0.1) is 11.8 Å². The quantitative estimate of drug-likeness (QED) is 0.828. The Kier molecular flexibility index (Phi) is 5.43. The molecule has 0 radical (unpaired) electrons. The summed E-state index contributed by atoms with van der Waals surface area (Å²) in [5.41, 5.74) is 11.5. The molecule has 3 heteroatoms. The van der Waals surface area contributed by atoms with E-state index in [-0.39, 0.29) is 11.9 Å². The van der Waals surface area contributed by atoms with Gasteiger partial charge in [0.05, 0.1) is 0 Å². The third-order valence-corrected chi connectivity index (χ3v) is 4.75. The lowest BCUT2D eigenvalue weighted by molar-refractivity contribution is 0.624. The Bertz CT molecular complexity index is 601. The van der Waals surface area contributed by atoms with Crippen LogP contribution < -0.4 is 5.73 Å². The van der Waals surface area contributed by atoms with Gasteiger partial charge in [-0.2, -0.15) is 0 Å². The predicted octanol–water partition coefficient (Wildman–Crippen LogP) is 4.41. The number of hydrogen-bond donors (Lipinski definition) is 1. The summed E-state index contributed by atoms with van der Waals surface area (Å²) in [5, 5.41) is 0. The molecule has 0 aliphatic carbocycles. The molecule has 1 nitrogen and oxygen atoms in total. The number of thioether (sulfide) groups is 1. The van der Waals surface area contributed by atoms with E-state index in [2.05, 4.69) is 32.9 Å². The van der Waals surface area contributed by atoms with E-state index in [1.807, 2.05) is 6.07 Å². The Morgan fingerprint density at radius 3 is 2.38 bits per heavy atom. The van der Waals surface area contributed by atoms with E-state index in [4.69, 9.17) is 5.73 Å². The third-order valence-electron chi connectivity index (χ3n) is 3.57. The summed E-state index contributed by atoms with van der Waals surface area (Å²) in [4.78, 5) is 0.933. The van der Waals surface area contributed by atoms with Crippen molar-refractivity contribution in [2.24, 2.45) is 5.73 Å². The van der Waals surface area contributed by atoms with Crippen LogP contribution in [0, 0.1) is 26.6 Å². The van der Waals surface area contributed by atoms with Gasteiger partial charge in [0.1, 0.15) is 5.82 Å². The standard InChI is InChI=1S/C18H22FNS/c1-12-7-13(2)18(14(3)8-12)10-16(20)11-21-17-6-4-5-15(19)9-17/h4-9,16H,10-11,20H2,1-3H3. The molecule has 0 amide bonds. The highest BCUT2D eigenvalue weighted by Gasteiger charge is 2.10. The van der Waals surface area contributed by atoms with Gasteiger partial charge in [-0.05, 0) is 62.1 Å². The predicted molar refractivity (Wildman–Crippen MR) is 89.5 cm³/mol. The number of rotatable bonds is 5. The maximum absolute atomic E-state index is 13.1. The van der Waals surface area contributed by atoms with Crippen molar-refractivity contribution in [3.63, 3.8) is 0 Å². The first kappa shape index (κ1) is 16.1. The first-order valence-electron chi connectivity index (χ1n) is 7.16. The van der Waals surface area contributed by atoms with Gasteiger partial charge in [-0.3, -0.25) is 0 Å². The van der Waals surface area contributed by atoms with E-state index in [0.29, 0.717) is 0 Å². The molecule has 0 heterocycles. The topological polar surface area (TPSA) is 26.0 Å². The molecule has 2 rings (SSSR count). The van der Waals surface area contributed by atoms with E-state index in [9.17, 15) is 4.39 Å². The Morgan fingerprint density at radius 1 is 1.10 bits per heavy atom. The second-order valence-corrected chi connectivity index (χ2v) is 6.70. The molecule has 1 atom stereocenters. The molecule has 112 valence electrons. The second kappa shape index (κ2) is 7.10. The summed E-state index contributed by atoms with van der Waals surface area (Å²) in [7, 11) is 0. The number of nitrogens with two attached hydrogens (primary N) is 1. The van der Waals surface area contributed by atoms with Gasteiger partial charge < -0.3 is 5.73 Å². The molecular weight excluding hydrogens is 281 g/mol. The van der Waals surface area contributed by atoms with E-state index >= 15 is 0 Å². The molecule has 0 aliphatic heterocycles. The lowest BCUT2D eigenvalue weighted by atomic mass is 9.95. The summed E-state index contributed by atoms with van der Waals surface area (Å²) < 4.78 is 13.1. The molecule has 2 aromatic carbocycles. The molecule has 0 fully saturated rings. The zero-order valence-corrected chi connectivity index (χ0v) is 13.6. The minimum absolute atomic E-state index is 0.0679. The van der Waals surface area contributed by atoms with Gasteiger partial charge in [0.15, 0.2) is 0 Å². The second-order valence-electron chi connectivity index (χ2n) is 5.61. The molecule has 0 saturated carbocycles. The number of aryl methyl sites for hydroxylation is 3. The molecule has 0 saturated heterocycles. The van der Waals surface area contributed by atoms with Crippen molar-refractivity contribution in [1.29, 1.82) is 0 Å². The number of hydrogen-bond acceptors (Lipinski definition) is 2. The number of halogens is 1. The first-order chi connectivity index (χ1) is 9.95. The minimum Gasteiger partial charge on any atom is -0.327 e. The summed E-state index contributed by atoms with van der Waals surface area (Å²) in [6, 6.07) is 11.1. The van der Waals surface area contributed by atoms with Crippen LogP contribution in [0.15, 0.2) is 41.3 Å². The highest BCUT2D eigenvalue weighted by atomic mass is 32.2. The molecule has 0 aliphatic rings. The summed E-state index contributed by atoms with van der Waals surface area (Å²) in [6.45, 7) is 6.40. The SMILES string of the molecule is Cc1cc(C)c(CC(N)CSc2cccc(F)c2)c(C)c1. The Balaban J connectivity index is 1.97. The van der Waals surface area contributed by atoms with E-state index in [1.54, 1.807) is 23.9 Å². The zero-order valence-electron chi connectivity index (χ0n) is 12.8. The monoisotopic (exact) mass is 303 g/mol. The molecule has 2 N–H and O–H groups in total. The van der Waals surface area contributed by atoms with Gasteiger partial charge >= 0.3 is 0 Å². The third kappa shape index (κ3) is 4.58. The Morgan fingerprint density at radius 2 is 1.76 bits per heavy atom. The van der Waals surface area contributed by atoms with Crippen LogP contribution in [0.25, 0.3) is 0 Å². The van der Waals surface area contributed by atoms with E-state index in [1.165, 1.54) is 28.3 Å². The largest absolute Gasteiger partial charge is 0.327 e. The Labute approximate surface area is 130 Å². The van der Waals surface area contributed by atoms with Gasteiger partial charge in [0, 0.05) is 16.7 Å². The highest BCUT2D eigenvalue weighted by Crippen LogP contribution is 2.22. The molecule has 0 spiro atoms. The van der Waals surface area contributed by atoms with Crippen molar-refractivity contribution < 1.29 is 4.39 Å². The molecule has 0 aromatic heterocycles. The fourth-order valence-corrected chi connectivity index (χ4v) is 3.51. The van der Waals surface area contributed by atoms with Crippen molar-refractivity contribution in [3.8, 4) is 0 Å². The van der Waals surface area contributed by atoms with Crippen molar-refractivity contribution in [3.05, 3.63) is 64.5 Å². The Hall–Kier alpha value is -1.32. The van der Waals surface area contributed by atoms with Crippen LogP contribution in [0.3, 0.4) is 0 Å². The van der Waals surface area contributed by atoms with Gasteiger partial charge in [-0.1, -0.05) is 23.8 Å². The molecule has 2 aromatic rings. The lowest BCUT2D eigenvalue weighted by Gasteiger charge is -2.16. The van der Waals surface area contributed by atoms with Crippen LogP contribution in [0.2, 0.25) is 0 Å². The summed E-state index contributed by atoms with van der Waals surface area (Å²) in [6.07, 6.45) is 0.861. The minimum atomic E-state index is -0.196. The van der Waals surface area contributed by atoms with Crippen molar-refractivity contribution in [1.82, 2.24) is 0 Å². The maximum atomic E-state index is 13.1. The van der Waals surface area contributed by atoms with Gasteiger partial charge in [0.25, 0.3) is 0 Å². The summed E-state index contributed by atoms with van der Waals surface area (Å²) in [5.74, 6) is 0.592. The van der Waals surface area contributed by atoms with Crippen LogP contribution >= 0.6 is 11.8 Å². The van der Waals surface area contributed by atoms with Crippen LogP contribution in [-0.4, -0.2) is 11.8 Å². The maximum Gasteiger partial charge on any atom is 0.124 e. The van der Waals surface area contributed by atoms with Crippen LogP contribution in [0.5, 0.6) is 0 Å². The molecular formula is C18H22FNS. The first-order valence-corrected chi connectivity index (χ1v) is 8.15. The van der Waals surface area contributed by atoms with E-state index in [0.717, 1.165) is 17.1 Å². The smallest absolute Gasteiger partial charge is 0.124 e. The van der Waals surface area contributed by atoms with Gasteiger partial charge in [-0.25, -0.2) is 4.39 Å². The summed E-state index contributed by atoms with van der Waals surface area (Å²) >= 11 is 1.61. The molecule has 21 heavy (non-hydrogen) atoms. The van der Waals surface area contributed by atoms with Crippen LogP contribution in [0.4, 0.5) is 4.39 Å². The highest BCUT2D eigenvalue weighted by molar-refractivity contribution is 7.99.